The van der Waals surface area contributed by atoms with Crippen LogP contribution in [0.1, 0.15) is 17.7 Å². The first-order chi connectivity index (χ1) is 7.51. The summed E-state index contributed by atoms with van der Waals surface area (Å²) in [5.74, 6) is -1.09. The van der Waals surface area contributed by atoms with Gasteiger partial charge in [0, 0.05) is 0 Å². The molecule has 0 spiro atoms. The summed E-state index contributed by atoms with van der Waals surface area (Å²) in [6.07, 6.45) is -2.95. The van der Waals surface area contributed by atoms with Crippen LogP contribution in [0.2, 0.25) is 0 Å². The van der Waals surface area contributed by atoms with Crippen LogP contribution in [0.25, 0.3) is 0 Å². The van der Waals surface area contributed by atoms with Gasteiger partial charge in [-0.25, -0.2) is 8.78 Å². The average Bonchev–Trinajstić information content (AvgIpc) is 2.26. The van der Waals surface area contributed by atoms with E-state index >= 15 is 0 Å². The molecule has 8 heteroatoms. The van der Waals surface area contributed by atoms with Gasteiger partial charge in [-0.05, 0) is 16.0 Å². The van der Waals surface area contributed by atoms with Crippen LogP contribution >= 0.6 is 11.6 Å². The largest absolute Gasteiger partial charge is 0.492 e. The molecule has 0 N–H and O–H groups in total. The molecule has 0 atom stereocenters. The molecule has 0 saturated carbocycles. The molecule has 0 aliphatic rings. The normalized spacial score (nSPS) is 10.6. The van der Waals surface area contributed by atoms with Gasteiger partial charge in [0.2, 0.25) is 0 Å². The number of aromatic nitrogens is 1. The lowest BCUT2D eigenvalue weighted by molar-refractivity contribution is -0.390. The highest BCUT2D eigenvalue weighted by molar-refractivity contribution is 6.17. The molecule has 0 aliphatic carbocycles. The maximum atomic E-state index is 12.5. The fraction of sp³-hybridized carbons (Fsp3) is 0.375. The Morgan fingerprint density at radius 2 is 2.31 bits per heavy atom. The highest BCUT2D eigenvalue weighted by Crippen LogP contribution is 2.32. The third-order valence-corrected chi connectivity index (χ3v) is 2.10. The molecular formula is C8H7ClF2N2O3. The Labute approximate surface area is 94.1 Å². The minimum Gasteiger partial charge on any atom is -0.492 e. The van der Waals surface area contributed by atoms with E-state index in [9.17, 15) is 18.9 Å². The van der Waals surface area contributed by atoms with Crippen LogP contribution in [0.5, 0.6) is 5.75 Å². The Hall–Kier alpha value is -1.50. The number of rotatable bonds is 4. The highest BCUT2D eigenvalue weighted by atomic mass is 35.5. The quantitative estimate of drug-likeness (QED) is 0.469. The van der Waals surface area contributed by atoms with E-state index in [2.05, 4.69) is 9.72 Å². The molecule has 0 saturated heterocycles. The SMILES string of the molecule is COc1cc(CCl)c([N+](=O)[O-])nc1C(F)F. The van der Waals surface area contributed by atoms with Crippen LogP contribution in [-0.2, 0) is 5.88 Å². The number of pyridine rings is 1. The zero-order valence-electron chi connectivity index (χ0n) is 8.11. The van der Waals surface area contributed by atoms with Crippen LogP contribution in [0.3, 0.4) is 0 Å². The Morgan fingerprint density at radius 3 is 2.69 bits per heavy atom. The maximum absolute atomic E-state index is 12.5. The summed E-state index contributed by atoms with van der Waals surface area (Å²) < 4.78 is 29.7. The molecule has 0 amide bonds. The van der Waals surface area contributed by atoms with Crippen molar-refractivity contribution in [3.05, 3.63) is 27.4 Å². The van der Waals surface area contributed by atoms with Crippen molar-refractivity contribution in [3.63, 3.8) is 0 Å². The monoisotopic (exact) mass is 252 g/mol. The number of nitrogens with zero attached hydrogens (tertiary/aromatic N) is 2. The number of hydrogen-bond acceptors (Lipinski definition) is 4. The minimum absolute atomic E-state index is 0.0351. The van der Waals surface area contributed by atoms with Crippen molar-refractivity contribution in [1.29, 1.82) is 0 Å². The lowest BCUT2D eigenvalue weighted by Crippen LogP contribution is -2.04. The fourth-order valence-corrected chi connectivity index (χ4v) is 1.31. The molecule has 0 unspecified atom stereocenters. The van der Waals surface area contributed by atoms with Gasteiger partial charge in [-0.3, -0.25) is 0 Å². The van der Waals surface area contributed by atoms with E-state index in [4.69, 9.17) is 11.6 Å². The van der Waals surface area contributed by atoms with E-state index in [1.54, 1.807) is 0 Å². The number of halogens is 3. The molecule has 1 aromatic heterocycles. The first kappa shape index (κ1) is 12.6. The van der Waals surface area contributed by atoms with Gasteiger partial charge < -0.3 is 14.9 Å². The van der Waals surface area contributed by atoms with Crippen LogP contribution < -0.4 is 4.74 Å². The first-order valence-corrected chi connectivity index (χ1v) is 4.61. The smallest absolute Gasteiger partial charge is 0.368 e. The zero-order chi connectivity index (χ0) is 12.3. The summed E-state index contributed by atoms with van der Waals surface area (Å²) in [6, 6.07) is 1.10. The van der Waals surface area contributed by atoms with E-state index in [1.807, 2.05) is 0 Å². The second-order valence-electron chi connectivity index (χ2n) is 2.75. The standard InChI is InChI=1S/C8H7ClF2N2O3/c1-16-5-2-4(3-9)8(13(14)15)12-6(5)7(10)11/h2,7H,3H2,1H3. The molecule has 88 valence electrons. The molecule has 0 aliphatic heterocycles. The summed E-state index contributed by atoms with van der Waals surface area (Å²) in [7, 11) is 1.17. The summed E-state index contributed by atoms with van der Waals surface area (Å²) in [6.45, 7) is 0. The average molecular weight is 253 g/mol. The number of nitro groups is 1. The zero-order valence-corrected chi connectivity index (χ0v) is 8.87. The maximum Gasteiger partial charge on any atom is 0.368 e. The summed E-state index contributed by atoms with van der Waals surface area (Å²) in [5, 5.41) is 10.6. The molecule has 0 radical (unpaired) electrons. The van der Waals surface area contributed by atoms with Gasteiger partial charge in [-0.15, -0.1) is 11.6 Å². The highest BCUT2D eigenvalue weighted by Gasteiger charge is 2.27. The summed E-state index contributed by atoms with van der Waals surface area (Å²) in [4.78, 5) is 13.0. The minimum atomic E-state index is -2.95. The fourth-order valence-electron chi connectivity index (χ4n) is 1.11. The van der Waals surface area contributed by atoms with Crippen molar-refractivity contribution in [1.82, 2.24) is 4.98 Å². The Bertz CT molecular complexity index is 415. The van der Waals surface area contributed by atoms with E-state index in [0.717, 1.165) is 6.07 Å². The number of ether oxygens (including phenoxy) is 1. The van der Waals surface area contributed by atoms with Crippen molar-refractivity contribution in [2.75, 3.05) is 7.11 Å². The topological polar surface area (TPSA) is 65.3 Å². The van der Waals surface area contributed by atoms with E-state index < -0.39 is 22.9 Å². The van der Waals surface area contributed by atoms with Gasteiger partial charge in [0.1, 0.15) is 0 Å². The van der Waals surface area contributed by atoms with Gasteiger partial charge in [0.05, 0.1) is 18.6 Å². The summed E-state index contributed by atoms with van der Waals surface area (Å²) in [5.41, 5.74) is -0.726. The van der Waals surface area contributed by atoms with Crippen molar-refractivity contribution in [2.45, 2.75) is 12.3 Å². The lowest BCUT2D eigenvalue weighted by atomic mass is 10.2. The molecule has 1 rings (SSSR count). The van der Waals surface area contributed by atoms with Gasteiger partial charge in [0.15, 0.2) is 5.75 Å². The van der Waals surface area contributed by atoms with Gasteiger partial charge in [-0.2, -0.15) is 0 Å². The van der Waals surface area contributed by atoms with Crippen molar-refractivity contribution in [3.8, 4) is 5.75 Å². The second-order valence-corrected chi connectivity index (χ2v) is 3.02. The number of alkyl halides is 3. The van der Waals surface area contributed by atoms with E-state index in [-0.39, 0.29) is 17.2 Å². The van der Waals surface area contributed by atoms with Crippen LogP contribution in [0.4, 0.5) is 14.6 Å². The molecule has 5 nitrogen and oxygen atoms in total. The Kier molecular flexibility index (Phi) is 3.94. The lowest BCUT2D eigenvalue weighted by Gasteiger charge is -2.06. The van der Waals surface area contributed by atoms with Crippen molar-refractivity contribution < 1.29 is 18.4 Å². The van der Waals surface area contributed by atoms with Crippen molar-refractivity contribution >= 4 is 17.4 Å². The molecule has 16 heavy (non-hydrogen) atoms. The predicted octanol–water partition coefficient (Wildman–Crippen LogP) is 2.67. The number of methoxy groups -OCH3 is 1. The Balaban J connectivity index is 3.40. The molecule has 1 heterocycles. The van der Waals surface area contributed by atoms with Crippen LogP contribution in [0, 0.1) is 10.1 Å². The molecule has 0 bridgehead atoms. The molecule has 1 aromatic rings. The van der Waals surface area contributed by atoms with E-state index in [0.29, 0.717) is 0 Å². The third kappa shape index (κ3) is 2.35. The molecule has 0 aromatic carbocycles. The summed E-state index contributed by atoms with van der Waals surface area (Å²) >= 11 is 5.45. The van der Waals surface area contributed by atoms with Crippen molar-refractivity contribution in [2.24, 2.45) is 0 Å². The van der Waals surface area contributed by atoms with Crippen LogP contribution in [-0.4, -0.2) is 17.0 Å². The Morgan fingerprint density at radius 1 is 1.69 bits per heavy atom. The van der Waals surface area contributed by atoms with E-state index in [1.165, 1.54) is 7.11 Å². The third-order valence-electron chi connectivity index (χ3n) is 1.81. The molecular weight excluding hydrogens is 246 g/mol. The second kappa shape index (κ2) is 5.02. The van der Waals surface area contributed by atoms with Gasteiger partial charge >= 0.3 is 12.2 Å². The van der Waals surface area contributed by atoms with Crippen LogP contribution in [0.15, 0.2) is 6.07 Å². The predicted molar refractivity (Wildman–Crippen MR) is 52.0 cm³/mol. The van der Waals surface area contributed by atoms with Gasteiger partial charge in [-0.1, -0.05) is 0 Å². The first-order valence-electron chi connectivity index (χ1n) is 4.07. The molecule has 0 fully saturated rings. The van der Waals surface area contributed by atoms with Gasteiger partial charge in [0.25, 0.3) is 5.69 Å². The number of hydrogen-bond donors (Lipinski definition) is 0.